The van der Waals surface area contributed by atoms with E-state index < -0.39 is 0 Å². The molecule has 1 aromatic heterocycles. The van der Waals surface area contributed by atoms with Crippen LogP contribution in [0.5, 0.6) is 0 Å². The maximum Gasteiger partial charge on any atom is 0.249 e. The fourth-order valence-electron chi connectivity index (χ4n) is 3.20. The van der Waals surface area contributed by atoms with Crippen molar-refractivity contribution in [2.75, 3.05) is 16.8 Å². The van der Waals surface area contributed by atoms with Crippen LogP contribution < -0.4 is 10.2 Å². The molecule has 23 heavy (non-hydrogen) atoms. The van der Waals surface area contributed by atoms with Gasteiger partial charge in [0.05, 0.1) is 6.20 Å². The van der Waals surface area contributed by atoms with Crippen LogP contribution in [0.15, 0.2) is 24.4 Å². The molecule has 3 rings (SSSR count). The number of nitrogens with zero attached hydrogens (tertiary/aromatic N) is 4. The van der Waals surface area contributed by atoms with Gasteiger partial charge in [-0.3, -0.25) is 0 Å². The van der Waals surface area contributed by atoms with E-state index in [4.69, 9.17) is 4.98 Å². The lowest BCUT2D eigenvalue weighted by molar-refractivity contribution is 0.446. The minimum Gasteiger partial charge on any atom is -0.352 e. The fourth-order valence-corrected chi connectivity index (χ4v) is 3.20. The summed E-state index contributed by atoms with van der Waals surface area (Å²) >= 11 is 0. The van der Waals surface area contributed by atoms with Crippen LogP contribution in [-0.4, -0.2) is 27.8 Å². The maximum absolute atomic E-state index is 4.70. The summed E-state index contributed by atoms with van der Waals surface area (Å²) in [5, 5.41) is 11.6. The number of hydrogen-bond acceptors (Lipinski definition) is 5. The highest BCUT2D eigenvalue weighted by Crippen LogP contribution is 2.26. The zero-order valence-electron chi connectivity index (χ0n) is 14.2. The number of aryl methyl sites for hydroxylation is 2. The molecule has 0 amide bonds. The van der Waals surface area contributed by atoms with E-state index >= 15 is 0 Å². The average Bonchev–Trinajstić information content (AvgIpc) is 2.58. The van der Waals surface area contributed by atoms with Crippen molar-refractivity contribution in [3.63, 3.8) is 0 Å². The highest BCUT2D eigenvalue weighted by Gasteiger charge is 2.22. The Balaban J connectivity index is 1.83. The van der Waals surface area contributed by atoms with Crippen molar-refractivity contribution >= 4 is 17.5 Å². The van der Waals surface area contributed by atoms with E-state index in [0.717, 1.165) is 24.5 Å². The Hall–Kier alpha value is -2.17. The number of nitrogens with one attached hydrogen (secondary N) is 1. The van der Waals surface area contributed by atoms with Crippen LogP contribution in [0, 0.1) is 13.8 Å². The Morgan fingerprint density at radius 1 is 1.26 bits per heavy atom. The molecule has 122 valence electrons. The predicted molar refractivity (Wildman–Crippen MR) is 94.3 cm³/mol. The van der Waals surface area contributed by atoms with Gasteiger partial charge >= 0.3 is 0 Å². The Labute approximate surface area is 138 Å². The van der Waals surface area contributed by atoms with Gasteiger partial charge in [0, 0.05) is 18.3 Å². The smallest absolute Gasteiger partial charge is 0.249 e. The van der Waals surface area contributed by atoms with E-state index in [1.54, 1.807) is 6.20 Å². The highest BCUT2D eigenvalue weighted by molar-refractivity contribution is 5.60. The van der Waals surface area contributed by atoms with Crippen molar-refractivity contribution in [3.05, 3.63) is 35.5 Å². The van der Waals surface area contributed by atoms with Gasteiger partial charge in [-0.05, 0) is 56.7 Å². The van der Waals surface area contributed by atoms with Gasteiger partial charge in [-0.15, -0.1) is 5.10 Å². The highest BCUT2D eigenvalue weighted by atomic mass is 15.3. The van der Waals surface area contributed by atoms with Gasteiger partial charge in [0.1, 0.15) is 0 Å². The molecule has 2 aromatic rings. The average molecular weight is 311 g/mol. The summed E-state index contributed by atoms with van der Waals surface area (Å²) in [6.45, 7) is 7.46. The summed E-state index contributed by atoms with van der Waals surface area (Å²) in [6, 6.07) is 6.89. The van der Waals surface area contributed by atoms with Gasteiger partial charge < -0.3 is 10.2 Å². The van der Waals surface area contributed by atoms with Crippen molar-refractivity contribution < 1.29 is 0 Å². The number of rotatable bonds is 4. The fraction of sp³-hybridized carbons (Fsp3) is 0.500. The number of anilines is 3. The van der Waals surface area contributed by atoms with Gasteiger partial charge in [0.25, 0.3) is 0 Å². The molecule has 0 bridgehead atoms. The van der Waals surface area contributed by atoms with Crippen molar-refractivity contribution in [1.29, 1.82) is 0 Å². The molecule has 1 unspecified atom stereocenters. The van der Waals surface area contributed by atoms with Crippen LogP contribution in [0.25, 0.3) is 0 Å². The van der Waals surface area contributed by atoms with Gasteiger partial charge in [-0.25, -0.2) is 0 Å². The molecular weight excluding hydrogens is 286 g/mol. The van der Waals surface area contributed by atoms with Gasteiger partial charge in [0.2, 0.25) is 5.95 Å². The maximum atomic E-state index is 4.70. The zero-order chi connectivity index (χ0) is 16.2. The van der Waals surface area contributed by atoms with Crippen LogP contribution in [0.1, 0.15) is 43.7 Å². The predicted octanol–water partition coefficient (Wildman–Crippen LogP) is 4.00. The first kappa shape index (κ1) is 15.7. The quantitative estimate of drug-likeness (QED) is 0.925. The molecule has 0 aliphatic carbocycles. The summed E-state index contributed by atoms with van der Waals surface area (Å²) in [7, 11) is 0. The summed E-state index contributed by atoms with van der Waals surface area (Å²) in [6.07, 6.45) is 6.69. The van der Waals surface area contributed by atoms with E-state index in [1.807, 2.05) is 0 Å². The first-order valence-corrected chi connectivity index (χ1v) is 8.48. The summed E-state index contributed by atoms with van der Waals surface area (Å²) in [4.78, 5) is 7.08. The Bertz CT molecular complexity index is 670. The lowest BCUT2D eigenvalue weighted by Gasteiger charge is -2.35. The molecule has 2 heterocycles. The molecule has 5 nitrogen and oxygen atoms in total. The molecule has 1 aliphatic rings. The number of benzene rings is 1. The van der Waals surface area contributed by atoms with Crippen LogP contribution in [0.2, 0.25) is 0 Å². The van der Waals surface area contributed by atoms with Crippen molar-refractivity contribution in [2.24, 2.45) is 0 Å². The molecule has 0 saturated carbocycles. The second-order valence-corrected chi connectivity index (χ2v) is 6.33. The third kappa shape index (κ3) is 3.60. The first-order chi connectivity index (χ1) is 11.2. The third-order valence-electron chi connectivity index (χ3n) is 4.58. The van der Waals surface area contributed by atoms with Crippen LogP contribution in [-0.2, 0) is 0 Å². The summed E-state index contributed by atoms with van der Waals surface area (Å²) in [5.74, 6) is 1.50. The minimum atomic E-state index is 0.564. The number of aromatic nitrogens is 3. The van der Waals surface area contributed by atoms with Crippen LogP contribution in [0.4, 0.5) is 17.5 Å². The van der Waals surface area contributed by atoms with Crippen LogP contribution in [0.3, 0.4) is 0 Å². The van der Waals surface area contributed by atoms with E-state index in [9.17, 15) is 0 Å². The normalized spacial score (nSPS) is 18.0. The molecule has 1 atom stereocenters. The van der Waals surface area contributed by atoms with Crippen molar-refractivity contribution in [3.8, 4) is 0 Å². The lowest BCUT2D eigenvalue weighted by atomic mass is 10.0. The lowest BCUT2D eigenvalue weighted by Crippen LogP contribution is -2.39. The largest absolute Gasteiger partial charge is 0.352 e. The monoisotopic (exact) mass is 311 g/mol. The molecule has 0 spiro atoms. The third-order valence-corrected chi connectivity index (χ3v) is 4.58. The summed E-state index contributed by atoms with van der Waals surface area (Å²) < 4.78 is 0. The Kier molecular flexibility index (Phi) is 4.74. The topological polar surface area (TPSA) is 53.9 Å². The van der Waals surface area contributed by atoms with E-state index in [2.05, 4.69) is 59.4 Å². The van der Waals surface area contributed by atoms with Crippen molar-refractivity contribution in [2.45, 2.75) is 52.5 Å². The van der Waals surface area contributed by atoms with Gasteiger partial charge in [0.15, 0.2) is 5.82 Å². The second-order valence-electron chi connectivity index (χ2n) is 6.33. The van der Waals surface area contributed by atoms with E-state index in [0.29, 0.717) is 12.0 Å². The van der Waals surface area contributed by atoms with E-state index in [-0.39, 0.29) is 0 Å². The molecular formula is C18H25N5. The van der Waals surface area contributed by atoms with E-state index in [1.165, 1.54) is 30.4 Å². The van der Waals surface area contributed by atoms with Gasteiger partial charge in [-0.2, -0.15) is 10.1 Å². The standard InChI is InChI=1S/C18H25N5/c1-4-15-7-5-6-10-23(15)17-12-19-22-18(21-17)20-16-11-13(2)8-9-14(16)3/h8-9,11-12,15H,4-7,10H2,1-3H3,(H,20,21,22). The number of piperidine rings is 1. The van der Waals surface area contributed by atoms with Crippen molar-refractivity contribution in [1.82, 2.24) is 15.2 Å². The Morgan fingerprint density at radius 2 is 2.13 bits per heavy atom. The zero-order valence-corrected chi connectivity index (χ0v) is 14.2. The molecule has 5 heteroatoms. The SMILES string of the molecule is CCC1CCCCN1c1cnnc(Nc2cc(C)ccc2C)n1. The number of hydrogen-bond donors (Lipinski definition) is 1. The molecule has 0 radical (unpaired) electrons. The molecule has 1 aromatic carbocycles. The second kappa shape index (κ2) is 6.94. The summed E-state index contributed by atoms with van der Waals surface area (Å²) in [5.41, 5.74) is 3.42. The Morgan fingerprint density at radius 3 is 2.96 bits per heavy atom. The molecule has 1 fully saturated rings. The van der Waals surface area contributed by atoms with Crippen LogP contribution >= 0.6 is 0 Å². The van der Waals surface area contributed by atoms with Gasteiger partial charge in [-0.1, -0.05) is 19.1 Å². The first-order valence-electron chi connectivity index (χ1n) is 8.48. The molecule has 1 aliphatic heterocycles. The molecule has 1 N–H and O–H groups in total. The minimum absolute atomic E-state index is 0.564. The molecule has 1 saturated heterocycles.